The number of aromatic nitrogens is 3. The number of rotatable bonds is 9. The van der Waals surface area contributed by atoms with E-state index in [4.69, 9.17) is 0 Å². The fraction of sp³-hybridized carbons (Fsp3) is 0.800. The van der Waals surface area contributed by atoms with E-state index >= 15 is 0 Å². The van der Waals surface area contributed by atoms with Crippen molar-refractivity contribution in [2.24, 2.45) is 17.5 Å². The summed E-state index contributed by atoms with van der Waals surface area (Å²) in [4.78, 5) is 4.56. The summed E-state index contributed by atoms with van der Waals surface area (Å²) in [6.45, 7) is 8.68. The number of aliphatic hydroxyl groups excluding tert-OH is 1. The first kappa shape index (κ1) is 18.4. The van der Waals surface area contributed by atoms with Crippen LogP contribution in [0.15, 0.2) is 11.3 Å². The average molecular weight is 310 g/mol. The van der Waals surface area contributed by atoms with Crippen LogP contribution in [0.3, 0.4) is 0 Å². The maximum Gasteiger partial charge on any atom is 0.191 e. The van der Waals surface area contributed by atoms with Gasteiger partial charge in [0.15, 0.2) is 11.8 Å². The zero-order valence-corrected chi connectivity index (χ0v) is 14.3. The molecule has 0 atom stereocenters. The monoisotopic (exact) mass is 310 g/mol. The molecule has 0 saturated carbocycles. The smallest absolute Gasteiger partial charge is 0.191 e. The van der Waals surface area contributed by atoms with E-state index in [1.54, 1.807) is 6.33 Å². The molecule has 22 heavy (non-hydrogen) atoms. The molecule has 0 fully saturated rings. The highest BCUT2D eigenvalue weighted by atomic mass is 16.3. The summed E-state index contributed by atoms with van der Waals surface area (Å²) >= 11 is 0. The van der Waals surface area contributed by atoms with Crippen LogP contribution in [0.2, 0.25) is 0 Å². The Morgan fingerprint density at radius 3 is 2.55 bits per heavy atom. The van der Waals surface area contributed by atoms with Crippen molar-refractivity contribution >= 4 is 5.96 Å². The second-order valence-corrected chi connectivity index (χ2v) is 5.59. The number of aryl methyl sites for hydroxylation is 1. The molecule has 126 valence electrons. The number of hydrogen-bond donors (Lipinski definition) is 3. The SMILES string of the molecule is CCNC(=NCc1nncn1C)NCC(CC)(CC)CCO. The highest BCUT2D eigenvalue weighted by molar-refractivity contribution is 5.79. The van der Waals surface area contributed by atoms with E-state index in [1.807, 2.05) is 18.5 Å². The van der Waals surface area contributed by atoms with Gasteiger partial charge in [-0.25, -0.2) is 4.99 Å². The molecule has 0 aliphatic heterocycles. The third-order valence-corrected chi connectivity index (χ3v) is 4.30. The lowest BCUT2D eigenvalue weighted by Gasteiger charge is -2.32. The Labute approximate surface area is 133 Å². The van der Waals surface area contributed by atoms with Crippen molar-refractivity contribution in [2.75, 3.05) is 19.7 Å². The first-order valence-electron chi connectivity index (χ1n) is 8.06. The maximum absolute atomic E-state index is 9.30. The van der Waals surface area contributed by atoms with Crippen LogP contribution in [0.5, 0.6) is 0 Å². The number of nitrogens with one attached hydrogen (secondary N) is 2. The first-order chi connectivity index (χ1) is 10.6. The lowest BCUT2D eigenvalue weighted by molar-refractivity contribution is 0.169. The van der Waals surface area contributed by atoms with Crippen LogP contribution in [-0.2, 0) is 13.6 Å². The second kappa shape index (κ2) is 9.40. The van der Waals surface area contributed by atoms with E-state index < -0.39 is 0 Å². The molecule has 0 amide bonds. The minimum absolute atomic E-state index is 0.107. The number of guanidine groups is 1. The molecule has 3 N–H and O–H groups in total. The number of aliphatic hydroxyl groups is 1. The van der Waals surface area contributed by atoms with Crippen LogP contribution in [0, 0.1) is 5.41 Å². The number of nitrogens with zero attached hydrogens (tertiary/aromatic N) is 4. The number of hydrogen-bond acceptors (Lipinski definition) is 4. The van der Waals surface area contributed by atoms with Crippen molar-refractivity contribution in [3.05, 3.63) is 12.2 Å². The van der Waals surface area contributed by atoms with Crippen molar-refractivity contribution < 1.29 is 5.11 Å². The van der Waals surface area contributed by atoms with Crippen molar-refractivity contribution in [3.8, 4) is 0 Å². The van der Waals surface area contributed by atoms with Crippen molar-refractivity contribution in [1.82, 2.24) is 25.4 Å². The van der Waals surface area contributed by atoms with Gasteiger partial charge in [-0.15, -0.1) is 10.2 Å². The van der Waals surface area contributed by atoms with Crippen molar-refractivity contribution in [3.63, 3.8) is 0 Å². The van der Waals surface area contributed by atoms with Gasteiger partial charge in [0.05, 0.1) is 0 Å². The Bertz CT molecular complexity index is 453. The molecule has 0 bridgehead atoms. The van der Waals surface area contributed by atoms with Crippen molar-refractivity contribution in [2.45, 2.75) is 46.6 Å². The Kier molecular flexibility index (Phi) is 7.87. The second-order valence-electron chi connectivity index (χ2n) is 5.59. The molecule has 0 spiro atoms. The van der Waals surface area contributed by atoms with E-state index in [0.29, 0.717) is 6.54 Å². The molecule has 0 aliphatic rings. The van der Waals surface area contributed by atoms with Crippen LogP contribution in [0.4, 0.5) is 0 Å². The Morgan fingerprint density at radius 1 is 1.32 bits per heavy atom. The molecule has 0 aromatic carbocycles. The maximum atomic E-state index is 9.30. The summed E-state index contributed by atoms with van der Waals surface area (Å²) in [7, 11) is 1.91. The highest BCUT2D eigenvalue weighted by Crippen LogP contribution is 2.29. The summed E-state index contributed by atoms with van der Waals surface area (Å²) in [6.07, 6.45) is 4.53. The highest BCUT2D eigenvalue weighted by Gasteiger charge is 2.25. The minimum Gasteiger partial charge on any atom is -0.396 e. The van der Waals surface area contributed by atoms with Crippen LogP contribution < -0.4 is 10.6 Å². The molecular weight excluding hydrogens is 280 g/mol. The molecular formula is C15H30N6O. The van der Waals surface area contributed by atoms with E-state index in [0.717, 1.165) is 44.1 Å². The summed E-state index contributed by atoms with van der Waals surface area (Å²) in [5.41, 5.74) is 0.107. The van der Waals surface area contributed by atoms with Crippen molar-refractivity contribution in [1.29, 1.82) is 0 Å². The van der Waals surface area contributed by atoms with Crippen LogP contribution in [0.1, 0.15) is 45.9 Å². The van der Waals surface area contributed by atoms with Gasteiger partial charge in [0.2, 0.25) is 0 Å². The van der Waals surface area contributed by atoms with E-state index in [1.165, 1.54) is 0 Å². The molecule has 7 nitrogen and oxygen atoms in total. The lowest BCUT2D eigenvalue weighted by Crippen LogP contribution is -2.44. The van der Waals surface area contributed by atoms with Gasteiger partial charge in [-0.3, -0.25) is 0 Å². The van der Waals surface area contributed by atoms with E-state index in [-0.39, 0.29) is 12.0 Å². The molecule has 0 saturated heterocycles. The number of aliphatic imine (C=N–C) groups is 1. The quantitative estimate of drug-likeness (QED) is 0.469. The molecule has 0 unspecified atom stereocenters. The normalized spacial score (nSPS) is 12.5. The van der Waals surface area contributed by atoms with Crippen LogP contribution >= 0.6 is 0 Å². The van der Waals surface area contributed by atoms with Gasteiger partial charge >= 0.3 is 0 Å². The Hall–Kier alpha value is -1.63. The van der Waals surface area contributed by atoms with Gasteiger partial charge in [0.25, 0.3) is 0 Å². The van der Waals surface area contributed by atoms with Gasteiger partial charge in [-0.1, -0.05) is 13.8 Å². The third-order valence-electron chi connectivity index (χ3n) is 4.30. The third kappa shape index (κ3) is 5.29. The zero-order chi connectivity index (χ0) is 16.4. The fourth-order valence-corrected chi connectivity index (χ4v) is 2.39. The molecule has 1 aromatic heterocycles. The minimum atomic E-state index is 0.107. The topological polar surface area (TPSA) is 87.4 Å². The van der Waals surface area contributed by atoms with Gasteiger partial charge in [-0.05, 0) is 31.6 Å². The standard InChI is InChI=1S/C15H30N6O/c1-5-15(6-2,8-9-22)11-18-14(16-7-3)17-10-13-20-19-12-21(13)4/h12,22H,5-11H2,1-4H3,(H2,16,17,18). The fourth-order valence-electron chi connectivity index (χ4n) is 2.39. The summed E-state index contributed by atoms with van der Waals surface area (Å²) in [5.74, 6) is 1.60. The predicted molar refractivity (Wildman–Crippen MR) is 88.5 cm³/mol. The molecule has 7 heteroatoms. The molecule has 1 rings (SSSR count). The predicted octanol–water partition coefficient (Wildman–Crippen LogP) is 1.06. The first-order valence-corrected chi connectivity index (χ1v) is 8.06. The molecule has 1 aromatic rings. The summed E-state index contributed by atoms with van der Waals surface area (Å²) in [5, 5.41) is 23.8. The summed E-state index contributed by atoms with van der Waals surface area (Å²) in [6, 6.07) is 0. The van der Waals surface area contributed by atoms with Gasteiger partial charge in [0, 0.05) is 26.7 Å². The average Bonchev–Trinajstić information content (AvgIpc) is 2.94. The molecule has 0 aliphatic carbocycles. The van der Waals surface area contributed by atoms with Crippen LogP contribution in [0.25, 0.3) is 0 Å². The Morgan fingerprint density at radius 2 is 2.05 bits per heavy atom. The zero-order valence-electron chi connectivity index (χ0n) is 14.3. The Balaban J connectivity index is 2.68. The van der Waals surface area contributed by atoms with Gasteiger partial charge in [0.1, 0.15) is 12.9 Å². The largest absolute Gasteiger partial charge is 0.396 e. The van der Waals surface area contributed by atoms with E-state index in [9.17, 15) is 5.11 Å². The molecule has 1 heterocycles. The van der Waals surface area contributed by atoms with Gasteiger partial charge < -0.3 is 20.3 Å². The lowest BCUT2D eigenvalue weighted by atomic mass is 9.79. The van der Waals surface area contributed by atoms with Crippen LogP contribution in [-0.4, -0.2) is 45.5 Å². The van der Waals surface area contributed by atoms with E-state index in [2.05, 4.69) is 39.7 Å². The molecule has 0 radical (unpaired) electrons. The summed E-state index contributed by atoms with van der Waals surface area (Å²) < 4.78 is 1.86. The van der Waals surface area contributed by atoms with Gasteiger partial charge in [-0.2, -0.15) is 0 Å².